The molecule has 0 saturated carbocycles. The maximum Gasteiger partial charge on any atom is 0.235 e. The van der Waals surface area contributed by atoms with Gasteiger partial charge in [-0.05, 0) is 43.2 Å². The molecular weight excluding hydrogens is 471 g/mol. The van der Waals surface area contributed by atoms with Crippen LogP contribution in [-0.4, -0.2) is 52.6 Å². The summed E-state index contributed by atoms with van der Waals surface area (Å²) in [5.41, 5.74) is 1.67. The van der Waals surface area contributed by atoms with Crippen LogP contribution in [0.4, 0.5) is 10.2 Å². The van der Waals surface area contributed by atoms with Gasteiger partial charge < -0.3 is 25.2 Å². The number of hydrogen-bond donors (Lipinski definition) is 3. The molecule has 35 heavy (non-hydrogen) atoms. The number of thioether (sulfide) groups is 1. The van der Waals surface area contributed by atoms with E-state index in [0.29, 0.717) is 47.8 Å². The largest absolute Gasteiger partial charge is 0.497 e. The van der Waals surface area contributed by atoms with Gasteiger partial charge in [0.1, 0.15) is 17.4 Å². The average Bonchev–Trinajstić information content (AvgIpc) is 2.87. The minimum atomic E-state index is -1.02. The summed E-state index contributed by atoms with van der Waals surface area (Å²) in [6.07, 6.45) is 1.85. The number of benzene rings is 1. The monoisotopic (exact) mass is 498 g/mol. The highest BCUT2D eigenvalue weighted by molar-refractivity contribution is 8.00. The third kappa shape index (κ3) is 5.40. The second-order valence-electron chi connectivity index (χ2n) is 8.75. The summed E-state index contributed by atoms with van der Waals surface area (Å²) in [5, 5.41) is 17.7. The van der Waals surface area contributed by atoms with Gasteiger partial charge in [-0.2, -0.15) is 0 Å². The molecule has 10 heteroatoms. The van der Waals surface area contributed by atoms with E-state index >= 15 is 0 Å². The first-order valence-corrected chi connectivity index (χ1v) is 12.6. The molecule has 3 aromatic rings. The number of amides is 1. The number of fused-ring (bicyclic) bond motifs is 2. The van der Waals surface area contributed by atoms with Crippen molar-refractivity contribution in [1.29, 1.82) is 0 Å². The summed E-state index contributed by atoms with van der Waals surface area (Å²) >= 11 is 1.49. The Morgan fingerprint density at radius 3 is 3.03 bits per heavy atom. The quantitative estimate of drug-likeness (QED) is 0.454. The molecule has 3 N–H and O–H groups in total. The summed E-state index contributed by atoms with van der Waals surface area (Å²) in [4.78, 5) is 21.2. The van der Waals surface area contributed by atoms with Crippen LogP contribution in [0, 0.1) is 5.82 Å². The van der Waals surface area contributed by atoms with Crippen molar-refractivity contribution in [1.82, 2.24) is 15.3 Å². The number of hydrogen-bond acceptors (Lipinski definition) is 8. The number of rotatable bonds is 7. The fourth-order valence-corrected chi connectivity index (χ4v) is 5.26. The Morgan fingerprint density at radius 2 is 2.23 bits per heavy atom. The molecule has 2 aliphatic heterocycles. The van der Waals surface area contributed by atoms with Crippen molar-refractivity contribution in [3.05, 3.63) is 53.6 Å². The number of nitrogens with one attached hydrogen (secondary N) is 2. The van der Waals surface area contributed by atoms with E-state index in [1.807, 2.05) is 12.1 Å². The van der Waals surface area contributed by atoms with Gasteiger partial charge in [-0.1, -0.05) is 0 Å². The van der Waals surface area contributed by atoms with Gasteiger partial charge in [0.2, 0.25) is 5.91 Å². The molecule has 2 aromatic heterocycles. The Hall–Kier alpha value is -2.79. The molecule has 0 aliphatic carbocycles. The Bertz CT molecular complexity index is 1240. The standard InChI is InChI=1S/C25H27FN4O4S/c1-33-16-5-6-20-18(8-16)24(19(26)11-28-20)21(31)9-17-4-2-15(12-34-17)27-10-14-3-7-22-25(29-14)30-23(32)13-35-22/h3,5-8,11,15,17,21,27,31H,2,4,9-10,12-13H2,1H3,(H,29,30,32)/t15-,17+,21+/m1/s1. The van der Waals surface area contributed by atoms with Gasteiger partial charge in [0, 0.05) is 30.0 Å². The Labute approximate surface area is 206 Å². The topological polar surface area (TPSA) is 106 Å². The molecule has 4 heterocycles. The molecule has 5 rings (SSSR count). The first-order valence-electron chi connectivity index (χ1n) is 11.6. The highest BCUT2D eigenvalue weighted by Crippen LogP contribution is 2.33. The van der Waals surface area contributed by atoms with E-state index in [9.17, 15) is 14.3 Å². The SMILES string of the molecule is COc1ccc2ncc(F)c([C@@H](O)C[C@@H]3CC[C@@H](NCc4ccc5c(n4)NC(=O)CS5)CO3)c2c1. The lowest BCUT2D eigenvalue weighted by Crippen LogP contribution is -2.40. The van der Waals surface area contributed by atoms with Gasteiger partial charge in [0.15, 0.2) is 0 Å². The number of anilines is 1. The van der Waals surface area contributed by atoms with E-state index < -0.39 is 11.9 Å². The van der Waals surface area contributed by atoms with Crippen LogP contribution in [0.25, 0.3) is 10.9 Å². The van der Waals surface area contributed by atoms with Crippen LogP contribution in [0.2, 0.25) is 0 Å². The van der Waals surface area contributed by atoms with Crippen LogP contribution < -0.4 is 15.4 Å². The van der Waals surface area contributed by atoms with Crippen LogP contribution in [0.15, 0.2) is 41.4 Å². The van der Waals surface area contributed by atoms with Crippen molar-refractivity contribution in [3.8, 4) is 5.75 Å². The van der Waals surface area contributed by atoms with E-state index in [1.54, 1.807) is 25.3 Å². The fraction of sp³-hybridized carbons (Fsp3) is 0.400. The average molecular weight is 499 g/mol. The Balaban J connectivity index is 1.16. The highest BCUT2D eigenvalue weighted by atomic mass is 32.2. The van der Waals surface area contributed by atoms with Crippen LogP contribution in [0.5, 0.6) is 5.75 Å². The number of ether oxygens (including phenoxy) is 2. The van der Waals surface area contributed by atoms with E-state index in [4.69, 9.17) is 9.47 Å². The molecule has 8 nitrogen and oxygen atoms in total. The molecule has 184 valence electrons. The Kier molecular flexibility index (Phi) is 7.14. The molecule has 1 saturated heterocycles. The van der Waals surface area contributed by atoms with Gasteiger partial charge >= 0.3 is 0 Å². The van der Waals surface area contributed by atoms with Crippen molar-refractivity contribution in [2.75, 3.05) is 24.8 Å². The molecule has 0 spiro atoms. The highest BCUT2D eigenvalue weighted by Gasteiger charge is 2.27. The van der Waals surface area contributed by atoms with Gasteiger partial charge in [-0.15, -0.1) is 11.8 Å². The summed E-state index contributed by atoms with van der Waals surface area (Å²) < 4.78 is 25.9. The molecule has 0 unspecified atom stereocenters. The normalized spacial score (nSPS) is 20.8. The van der Waals surface area contributed by atoms with E-state index in [2.05, 4.69) is 20.6 Å². The maximum absolute atomic E-state index is 14.7. The number of aromatic nitrogens is 2. The van der Waals surface area contributed by atoms with Crippen LogP contribution in [-0.2, 0) is 16.1 Å². The Morgan fingerprint density at radius 1 is 1.34 bits per heavy atom. The summed E-state index contributed by atoms with van der Waals surface area (Å²) in [6, 6.07) is 9.30. The summed E-state index contributed by atoms with van der Waals surface area (Å²) in [5.74, 6) is 1.04. The molecule has 0 radical (unpaired) electrons. The zero-order valence-electron chi connectivity index (χ0n) is 19.3. The second kappa shape index (κ2) is 10.4. The minimum Gasteiger partial charge on any atom is -0.497 e. The molecule has 2 aliphatic rings. The summed E-state index contributed by atoms with van der Waals surface area (Å²) in [6.45, 7) is 1.05. The molecule has 1 aromatic carbocycles. The number of halogens is 1. The lowest BCUT2D eigenvalue weighted by Gasteiger charge is -2.31. The molecule has 0 bridgehead atoms. The van der Waals surface area contributed by atoms with E-state index in [1.165, 1.54) is 11.8 Å². The van der Waals surface area contributed by atoms with Crippen LogP contribution >= 0.6 is 11.8 Å². The lowest BCUT2D eigenvalue weighted by atomic mass is 9.95. The van der Waals surface area contributed by atoms with Crippen molar-refractivity contribution in [3.63, 3.8) is 0 Å². The minimum absolute atomic E-state index is 0.0344. The lowest BCUT2D eigenvalue weighted by molar-refractivity contribution is -0.113. The predicted molar refractivity (Wildman–Crippen MR) is 131 cm³/mol. The first kappa shape index (κ1) is 23.9. The third-order valence-corrected chi connectivity index (χ3v) is 7.41. The summed E-state index contributed by atoms with van der Waals surface area (Å²) in [7, 11) is 1.54. The zero-order valence-corrected chi connectivity index (χ0v) is 20.1. The molecule has 1 fully saturated rings. The number of pyridine rings is 2. The maximum atomic E-state index is 14.7. The van der Waals surface area contributed by atoms with Crippen molar-refractivity contribution in [2.45, 2.75) is 49.0 Å². The first-order chi connectivity index (χ1) is 17.0. The van der Waals surface area contributed by atoms with Crippen molar-refractivity contribution >= 4 is 34.4 Å². The number of methoxy groups -OCH3 is 1. The number of nitrogens with zero attached hydrogens (tertiary/aromatic N) is 2. The van der Waals surface area contributed by atoms with E-state index in [0.717, 1.165) is 29.6 Å². The molecular formula is C25H27FN4O4S. The van der Waals surface area contributed by atoms with Gasteiger partial charge in [0.05, 0.1) is 54.0 Å². The van der Waals surface area contributed by atoms with Crippen LogP contribution in [0.3, 0.4) is 0 Å². The zero-order chi connectivity index (χ0) is 24.4. The van der Waals surface area contributed by atoms with Gasteiger partial charge in [0.25, 0.3) is 0 Å². The predicted octanol–water partition coefficient (Wildman–Crippen LogP) is 3.58. The van der Waals surface area contributed by atoms with Crippen LogP contribution in [0.1, 0.15) is 36.6 Å². The third-order valence-electron chi connectivity index (χ3n) is 6.36. The number of aliphatic hydroxyl groups is 1. The smallest absolute Gasteiger partial charge is 0.235 e. The fourth-order valence-electron chi connectivity index (χ4n) is 4.50. The number of aliphatic hydroxyl groups excluding tert-OH is 1. The van der Waals surface area contributed by atoms with Crippen molar-refractivity contribution in [2.24, 2.45) is 0 Å². The van der Waals surface area contributed by atoms with E-state index in [-0.39, 0.29) is 23.6 Å². The van der Waals surface area contributed by atoms with Gasteiger partial charge in [-0.25, -0.2) is 9.37 Å². The second-order valence-corrected chi connectivity index (χ2v) is 9.77. The van der Waals surface area contributed by atoms with Gasteiger partial charge in [-0.3, -0.25) is 9.78 Å². The molecule has 1 amide bonds. The van der Waals surface area contributed by atoms with Crippen molar-refractivity contribution < 1.29 is 23.8 Å². The number of carbonyl (C=O) groups is 1. The number of carbonyl (C=O) groups excluding carboxylic acids is 1. The molecule has 3 atom stereocenters.